The van der Waals surface area contributed by atoms with Gasteiger partial charge in [-0.3, -0.25) is 9.78 Å². The van der Waals surface area contributed by atoms with Gasteiger partial charge in [-0.25, -0.2) is 0 Å². The van der Waals surface area contributed by atoms with E-state index in [9.17, 15) is 4.79 Å². The van der Waals surface area contributed by atoms with E-state index in [1.54, 1.807) is 0 Å². The number of pyridine rings is 1. The van der Waals surface area contributed by atoms with E-state index < -0.39 is 5.97 Å². The minimum absolute atomic E-state index is 0.172. The van der Waals surface area contributed by atoms with Gasteiger partial charge in [0.2, 0.25) is 0 Å². The Kier molecular flexibility index (Phi) is 2.83. The SMILES string of the molecule is [N-]=[N+]=Nc1ccnc(CC(=O)O)c1. The number of carboxylic acid groups (broad SMARTS) is 1. The van der Waals surface area contributed by atoms with Gasteiger partial charge in [0, 0.05) is 16.8 Å². The number of azide groups is 1. The smallest absolute Gasteiger partial charge is 0.309 e. The highest BCUT2D eigenvalue weighted by molar-refractivity contribution is 5.69. The van der Waals surface area contributed by atoms with Crippen molar-refractivity contribution in [1.82, 2.24) is 4.98 Å². The van der Waals surface area contributed by atoms with Gasteiger partial charge in [-0.15, -0.1) is 0 Å². The molecule has 0 fully saturated rings. The second kappa shape index (κ2) is 4.08. The molecular formula is C7H6N4O2. The number of carbonyl (C=O) groups is 1. The molecule has 0 saturated carbocycles. The summed E-state index contributed by atoms with van der Waals surface area (Å²) in [4.78, 5) is 16.7. The maximum Gasteiger partial charge on any atom is 0.309 e. The van der Waals surface area contributed by atoms with Gasteiger partial charge in [-0.2, -0.15) is 0 Å². The van der Waals surface area contributed by atoms with Crippen molar-refractivity contribution in [2.75, 3.05) is 0 Å². The predicted molar refractivity (Wildman–Crippen MR) is 44.4 cm³/mol. The molecule has 66 valence electrons. The third-order valence-electron chi connectivity index (χ3n) is 1.29. The lowest BCUT2D eigenvalue weighted by Gasteiger charge is -1.95. The molecule has 6 nitrogen and oxygen atoms in total. The summed E-state index contributed by atoms with van der Waals surface area (Å²) in [5.74, 6) is -0.967. The van der Waals surface area contributed by atoms with E-state index in [1.165, 1.54) is 18.3 Å². The summed E-state index contributed by atoms with van der Waals surface area (Å²) < 4.78 is 0. The summed E-state index contributed by atoms with van der Waals surface area (Å²) in [5.41, 5.74) is 8.86. The zero-order chi connectivity index (χ0) is 9.68. The molecule has 0 bridgehead atoms. The molecule has 0 spiro atoms. The molecular weight excluding hydrogens is 172 g/mol. The summed E-state index contributed by atoms with van der Waals surface area (Å²) in [6.07, 6.45) is 1.23. The Hall–Kier alpha value is -2.07. The van der Waals surface area contributed by atoms with Crippen molar-refractivity contribution in [2.24, 2.45) is 5.11 Å². The van der Waals surface area contributed by atoms with Crippen LogP contribution in [0.25, 0.3) is 10.4 Å². The Labute approximate surface area is 73.5 Å². The van der Waals surface area contributed by atoms with Crippen LogP contribution in [0.3, 0.4) is 0 Å². The van der Waals surface area contributed by atoms with Crippen LogP contribution >= 0.6 is 0 Å². The first-order valence-electron chi connectivity index (χ1n) is 3.44. The largest absolute Gasteiger partial charge is 0.481 e. The average molecular weight is 178 g/mol. The molecule has 0 aliphatic rings. The number of nitrogens with zero attached hydrogens (tertiary/aromatic N) is 4. The van der Waals surface area contributed by atoms with E-state index in [0.29, 0.717) is 11.4 Å². The first kappa shape index (κ1) is 9.02. The molecule has 0 aromatic carbocycles. The van der Waals surface area contributed by atoms with Gasteiger partial charge in [0.25, 0.3) is 0 Å². The van der Waals surface area contributed by atoms with Gasteiger partial charge < -0.3 is 5.11 Å². The van der Waals surface area contributed by atoms with E-state index in [1.807, 2.05) is 0 Å². The fourth-order valence-corrected chi connectivity index (χ4v) is 0.831. The quantitative estimate of drug-likeness (QED) is 0.432. The van der Waals surface area contributed by atoms with Crippen molar-refractivity contribution < 1.29 is 9.90 Å². The molecule has 0 amide bonds. The molecule has 1 heterocycles. The highest BCUT2D eigenvalue weighted by Crippen LogP contribution is 2.12. The lowest BCUT2D eigenvalue weighted by atomic mass is 10.2. The number of hydrogen-bond donors (Lipinski definition) is 1. The van der Waals surface area contributed by atoms with Gasteiger partial charge in [-0.1, -0.05) is 5.11 Å². The molecule has 0 atom stereocenters. The molecule has 1 aromatic rings. The summed E-state index contributed by atoms with van der Waals surface area (Å²) >= 11 is 0. The lowest BCUT2D eigenvalue weighted by Crippen LogP contribution is -2.01. The van der Waals surface area contributed by atoms with Crippen molar-refractivity contribution in [3.63, 3.8) is 0 Å². The zero-order valence-corrected chi connectivity index (χ0v) is 6.58. The van der Waals surface area contributed by atoms with Gasteiger partial charge in [0.05, 0.1) is 12.1 Å². The Morgan fingerprint density at radius 1 is 1.77 bits per heavy atom. The maximum absolute atomic E-state index is 10.3. The Morgan fingerprint density at radius 3 is 3.15 bits per heavy atom. The fraction of sp³-hybridized carbons (Fsp3) is 0.143. The van der Waals surface area contributed by atoms with Crippen LogP contribution in [-0.4, -0.2) is 16.1 Å². The molecule has 6 heteroatoms. The van der Waals surface area contributed by atoms with Crippen molar-refractivity contribution in [1.29, 1.82) is 0 Å². The second-order valence-corrected chi connectivity index (χ2v) is 2.27. The molecule has 0 aliphatic heterocycles. The van der Waals surface area contributed by atoms with Crippen LogP contribution in [0.2, 0.25) is 0 Å². The molecule has 1 rings (SSSR count). The topological polar surface area (TPSA) is 99.0 Å². The highest BCUT2D eigenvalue weighted by atomic mass is 16.4. The van der Waals surface area contributed by atoms with Crippen LogP contribution in [0.4, 0.5) is 5.69 Å². The van der Waals surface area contributed by atoms with Crippen LogP contribution in [-0.2, 0) is 11.2 Å². The Balaban J connectivity index is 2.91. The van der Waals surface area contributed by atoms with Crippen LogP contribution < -0.4 is 0 Å². The van der Waals surface area contributed by atoms with Gasteiger partial charge in [0.15, 0.2) is 0 Å². The number of aliphatic carboxylic acids is 1. The van der Waals surface area contributed by atoms with E-state index in [-0.39, 0.29) is 6.42 Å². The molecule has 1 N–H and O–H groups in total. The number of aromatic nitrogens is 1. The maximum atomic E-state index is 10.3. The van der Waals surface area contributed by atoms with Crippen LogP contribution in [0.15, 0.2) is 23.4 Å². The first-order valence-corrected chi connectivity index (χ1v) is 3.44. The second-order valence-electron chi connectivity index (χ2n) is 2.27. The molecule has 1 aromatic heterocycles. The number of hydrogen-bond acceptors (Lipinski definition) is 3. The van der Waals surface area contributed by atoms with Gasteiger partial charge >= 0.3 is 5.97 Å². The molecule has 0 unspecified atom stereocenters. The highest BCUT2D eigenvalue weighted by Gasteiger charge is 2.01. The predicted octanol–water partition coefficient (Wildman–Crippen LogP) is 1.65. The number of rotatable bonds is 3. The average Bonchev–Trinajstić information content (AvgIpc) is 2.04. The summed E-state index contributed by atoms with van der Waals surface area (Å²) in [7, 11) is 0. The summed E-state index contributed by atoms with van der Waals surface area (Å²) in [5, 5.41) is 11.8. The van der Waals surface area contributed by atoms with Crippen LogP contribution in [0.1, 0.15) is 5.69 Å². The summed E-state index contributed by atoms with van der Waals surface area (Å²) in [6.45, 7) is 0. The molecule has 0 aliphatic carbocycles. The van der Waals surface area contributed by atoms with E-state index >= 15 is 0 Å². The van der Waals surface area contributed by atoms with Crippen LogP contribution in [0.5, 0.6) is 0 Å². The molecule has 0 saturated heterocycles. The van der Waals surface area contributed by atoms with E-state index in [4.69, 9.17) is 10.6 Å². The third-order valence-corrected chi connectivity index (χ3v) is 1.29. The number of carboxylic acids is 1. The minimum Gasteiger partial charge on any atom is -0.481 e. The minimum atomic E-state index is -0.967. The van der Waals surface area contributed by atoms with E-state index in [2.05, 4.69) is 15.0 Å². The van der Waals surface area contributed by atoms with Crippen molar-refractivity contribution in [3.05, 3.63) is 34.5 Å². The van der Waals surface area contributed by atoms with E-state index in [0.717, 1.165) is 0 Å². The lowest BCUT2D eigenvalue weighted by molar-refractivity contribution is -0.136. The van der Waals surface area contributed by atoms with Crippen molar-refractivity contribution >= 4 is 11.7 Å². The fourth-order valence-electron chi connectivity index (χ4n) is 0.831. The normalized spacial score (nSPS) is 8.92. The Bertz CT molecular complexity index is 371. The monoisotopic (exact) mass is 178 g/mol. The standard InChI is InChI=1S/C7H6N4O2/c8-11-10-5-1-2-9-6(3-5)4-7(12)13/h1-3H,4H2,(H,12,13). The molecule has 13 heavy (non-hydrogen) atoms. The van der Waals surface area contributed by atoms with Crippen LogP contribution in [0, 0.1) is 0 Å². The third kappa shape index (κ3) is 2.80. The first-order chi connectivity index (χ1) is 6.22. The van der Waals surface area contributed by atoms with Gasteiger partial charge in [-0.05, 0) is 17.7 Å². The summed E-state index contributed by atoms with van der Waals surface area (Å²) in [6, 6.07) is 2.94. The Morgan fingerprint density at radius 2 is 2.54 bits per heavy atom. The van der Waals surface area contributed by atoms with Crippen molar-refractivity contribution in [2.45, 2.75) is 6.42 Å². The van der Waals surface area contributed by atoms with Crippen molar-refractivity contribution in [3.8, 4) is 0 Å². The zero-order valence-electron chi connectivity index (χ0n) is 6.58. The molecule has 0 radical (unpaired) electrons. The van der Waals surface area contributed by atoms with Gasteiger partial charge in [0.1, 0.15) is 0 Å².